The summed E-state index contributed by atoms with van der Waals surface area (Å²) in [6.07, 6.45) is 4.13. The summed E-state index contributed by atoms with van der Waals surface area (Å²) in [7, 11) is 0. The van der Waals surface area contributed by atoms with Crippen LogP contribution in [0.2, 0.25) is 0 Å². The van der Waals surface area contributed by atoms with Gasteiger partial charge in [0, 0.05) is 18.8 Å². The van der Waals surface area contributed by atoms with Crippen LogP contribution in [0.3, 0.4) is 0 Å². The van der Waals surface area contributed by atoms with Gasteiger partial charge in [-0.3, -0.25) is 14.7 Å². The fourth-order valence-corrected chi connectivity index (χ4v) is 3.64. The van der Waals surface area contributed by atoms with Crippen LogP contribution in [-0.2, 0) is 6.54 Å². The lowest BCUT2D eigenvalue weighted by Crippen LogP contribution is -2.33. The quantitative estimate of drug-likeness (QED) is 0.760. The Balaban J connectivity index is 1.40. The molecule has 2 aromatic carbocycles. The lowest BCUT2D eigenvalue weighted by Gasteiger charge is -2.30. The summed E-state index contributed by atoms with van der Waals surface area (Å²) in [4.78, 5) is 23.7. The first-order chi connectivity index (χ1) is 13.2. The SMILES string of the molecule is CC1CCCN(Cc2ccc(NC(=O)c3cnc4ccccc4n3)cc2)C1. The number of piperidine rings is 1. The molecule has 1 amide bonds. The van der Waals surface area contributed by atoms with Gasteiger partial charge >= 0.3 is 0 Å². The zero-order valence-electron chi connectivity index (χ0n) is 15.6. The van der Waals surface area contributed by atoms with Crippen molar-refractivity contribution in [2.75, 3.05) is 18.4 Å². The van der Waals surface area contributed by atoms with Gasteiger partial charge in [-0.1, -0.05) is 31.2 Å². The van der Waals surface area contributed by atoms with Crippen molar-refractivity contribution in [1.29, 1.82) is 0 Å². The maximum absolute atomic E-state index is 12.5. The molecule has 0 bridgehead atoms. The highest BCUT2D eigenvalue weighted by atomic mass is 16.1. The van der Waals surface area contributed by atoms with E-state index in [0.717, 1.165) is 29.2 Å². The number of amides is 1. The van der Waals surface area contributed by atoms with Crippen LogP contribution in [0.1, 0.15) is 35.8 Å². The normalized spacial score (nSPS) is 17.7. The summed E-state index contributed by atoms with van der Waals surface area (Å²) >= 11 is 0. The molecule has 0 aliphatic carbocycles. The van der Waals surface area contributed by atoms with Crippen LogP contribution in [0.15, 0.2) is 54.7 Å². The second-order valence-corrected chi connectivity index (χ2v) is 7.38. The van der Waals surface area contributed by atoms with Gasteiger partial charge in [-0.05, 0) is 55.1 Å². The van der Waals surface area contributed by atoms with Crippen molar-refractivity contribution in [2.24, 2.45) is 5.92 Å². The van der Waals surface area contributed by atoms with E-state index in [4.69, 9.17) is 0 Å². The number of carbonyl (C=O) groups is 1. The Bertz CT molecular complexity index is 938. The highest BCUT2D eigenvalue weighted by Gasteiger charge is 2.16. The predicted molar refractivity (Wildman–Crippen MR) is 108 cm³/mol. The van der Waals surface area contributed by atoms with Crippen molar-refractivity contribution >= 4 is 22.6 Å². The van der Waals surface area contributed by atoms with Crippen molar-refractivity contribution in [3.05, 3.63) is 66.0 Å². The highest BCUT2D eigenvalue weighted by Crippen LogP contribution is 2.19. The highest BCUT2D eigenvalue weighted by molar-refractivity contribution is 6.03. The summed E-state index contributed by atoms with van der Waals surface area (Å²) in [5.41, 5.74) is 3.86. The fourth-order valence-electron chi connectivity index (χ4n) is 3.64. The number of carbonyl (C=O) groups excluding carboxylic acids is 1. The standard InChI is InChI=1S/C22H24N4O/c1-16-5-4-12-26(14-16)15-17-8-10-18(11-9-17)24-22(27)21-13-23-19-6-2-3-7-20(19)25-21/h2-3,6-11,13,16H,4-5,12,14-15H2,1H3,(H,24,27). The number of hydrogen-bond acceptors (Lipinski definition) is 4. The van der Waals surface area contributed by atoms with E-state index in [-0.39, 0.29) is 5.91 Å². The van der Waals surface area contributed by atoms with Gasteiger partial charge in [0.15, 0.2) is 0 Å². The van der Waals surface area contributed by atoms with Crippen LogP contribution < -0.4 is 5.32 Å². The minimum absolute atomic E-state index is 0.245. The van der Waals surface area contributed by atoms with Gasteiger partial charge in [-0.25, -0.2) is 4.98 Å². The van der Waals surface area contributed by atoms with Gasteiger partial charge in [-0.2, -0.15) is 0 Å². The van der Waals surface area contributed by atoms with Gasteiger partial charge in [0.25, 0.3) is 5.91 Å². The molecule has 1 atom stereocenters. The number of rotatable bonds is 4. The summed E-state index contributed by atoms with van der Waals surface area (Å²) in [5.74, 6) is 0.534. The van der Waals surface area contributed by atoms with Crippen LogP contribution in [0.5, 0.6) is 0 Å². The Hall–Kier alpha value is -2.79. The summed E-state index contributed by atoms with van der Waals surface area (Å²) < 4.78 is 0. The number of likely N-dealkylation sites (tertiary alicyclic amines) is 1. The zero-order valence-corrected chi connectivity index (χ0v) is 15.6. The van der Waals surface area contributed by atoms with E-state index in [9.17, 15) is 4.79 Å². The first-order valence-corrected chi connectivity index (χ1v) is 9.52. The molecule has 2 heterocycles. The molecule has 0 radical (unpaired) electrons. The van der Waals surface area contributed by atoms with Crippen molar-refractivity contribution in [3.63, 3.8) is 0 Å². The Morgan fingerprint density at radius 3 is 2.70 bits per heavy atom. The van der Waals surface area contributed by atoms with Crippen molar-refractivity contribution in [2.45, 2.75) is 26.3 Å². The van der Waals surface area contributed by atoms with E-state index in [1.807, 2.05) is 36.4 Å². The summed E-state index contributed by atoms with van der Waals surface area (Å²) in [6.45, 7) is 5.62. The van der Waals surface area contributed by atoms with Crippen LogP contribution in [0, 0.1) is 5.92 Å². The molecule has 0 spiro atoms. The number of nitrogens with one attached hydrogen (secondary N) is 1. The van der Waals surface area contributed by atoms with E-state index in [2.05, 4.69) is 39.2 Å². The molecular formula is C22H24N4O. The lowest BCUT2D eigenvalue weighted by molar-refractivity contribution is 0.102. The number of aromatic nitrogens is 2. The van der Waals surface area contributed by atoms with E-state index in [0.29, 0.717) is 5.69 Å². The first kappa shape index (κ1) is 17.6. The molecule has 1 N–H and O–H groups in total. The maximum Gasteiger partial charge on any atom is 0.275 e. The third-order valence-corrected chi connectivity index (χ3v) is 5.04. The average molecular weight is 360 g/mol. The number of para-hydroxylation sites is 2. The molecule has 27 heavy (non-hydrogen) atoms. The Kier molecular flexibility index (Phi) is 5.12. The van der Waals surface area contributed by atoms with Crippen molar-refractivity contribution in [3.8, 4) is 0 Å². The summed E-state index contributed by atoms with van der Waals surface area (Å²) in [5, 5.41) is 2.91. The van der Waals surface area contributed by atoms with E-state index in [1.165, 1.54) is 37.7 Å². The van der Waals surface area contributed by atoms with Gasteiger partial charge in [0.1, 0.15) is 5.69 Å². The van der Waals surface area contributed by atoms with Crippen LogP contribution in [0.25, 0.3) is 11.0 Å². The largest absolute Gasteiger partial charge is 0.321 e. The molecular weight excluding hydrogens is 336 g/mol. The second-order valence-electron chi connectivity index (χ2n) is 7.38. The zero-order chi connectivity index (χ0) is 18.6. The Labute approximate surface area is 159 Å². The van der Waals surface area contributed by atoms with Gasteiger partial charge < -0.3 is 5.32 Å². The number of fused-ring (bicyclic) bond motifs is 1. The Morgan fingerprint density at radius 1 is 1.15 bits per heavy atom. The molecule has 5 heteroatoms. The molecule has 4 rings (SSSR count). The van der Waals surface area contributed by atoms with Gasteiger partial charge in [0.2, 0.25) is 0 Å². The topological polar surface area (TPSA) is 58.1 Å². The fraction of sp³-hybridized carbons (Fsp3) is 0.318. The van der Waals surface area contributed by atoms with Gasteiger partial charge in [-0.15, -0.1) is 0 Å². The van der Waals surface area contributed by atoms with Crippen LogP contribution in [0.4, 0.5) is 5.69 Å². The smallest absolute Gasteiger partial charge is 0.275 e. The van der Waals surface area contributed by atoms with E-state index in [1.54, 1.807) is 0 Å². The molecule has 0 saturated carbocycles. The third-order valence-electron chi connectivity index (χ3n) is 5.04. The minimum atomic E-state index is -0.245. The molecule has 3 aromatic rings. The van der Waals surface area contributed by atoms with E-state index < -0.39 is 0 Å². The average Bonchev–Trinajstić information content (AvgIpc) is 2.69. The second kappa shape index (κ2) is 7.84. The van der Waals surface area contributed by atoms with Crippen LogP contribution >= 0.6 is 0 Å². The number of benzene rings is 2. The molecule has 1 aromatic heterocycles. The van der Waals surface area contributed by atoms with E-state index >= 15 is 0 Å². The monoisotopic (exact) mass is 360 g/mol. The molecule has 1 unspecified atom stereocenters. The van der Waals surface area contributed by atoms with Crippen molar-refractivity contribution in [1.82, 2.24) is 14.9 Å². The number of nitrogens with zero attached hydrogens (tertiary/aromatic N) is 3. The molecule has 138 valence electrons. The Morgan fingerprint density at radius 2 is 1.93 bits per heavy atom. The third kappa shape index (κ3) is 4.31. The minimum Gasteiger partial charge on any atom is -0.321 e. The maximum atomic E-state index is 12.5. The molecule has 1 aliphatic heterocycles. The predicted octanol–water partition coefficient (Wildman–Crippen LogP) is 4.11. The first-order valence-electron chi connectivity index (χ1n) is 9.52. The molecule has 1 fully saturated rings. The van der Waals surface area contributed by atoms with Gasteiger partial charge in [0.05, 0.1) is 17.2 Å². The molecule has 1 saturated heterocycles. The number of anilines is 1. The van der Waals surface area contributed by atoms with Crippen LogP contribution in [-0.4, -0.2) is 33.9 Å². The lowest BCUT2D eigenvalue weighted by atomic mass is 10.00. The molecule has 1 aliphatic rings. The van der Waals surface area contributed by atoms with Crippen molar-refractivity contribution < 1.29 is 4.79 Å². The molecule has 5 nitrogen and oxygen atoms in total. The summed E-state index contributed by atoms with van der Waals surface area (Å²) in [6, 6.07) is 15.6. The number of hydrogen-bond donors (Lipinski definition) is 1.